The first-order valence-electron chi connectivity index (χ1n) is 7.44. The molecule has 1 aromatic rings. The molecule has 1 N–H and O–H groups in total. The van der Waals surface area contributed by atoms with Crippen molar-refractivity contribution in [3.8, 4) is 0 Å². The molecule has 118 valence electrons. The van der Waals surface area contributed by atoms with Crippen LogP contribution in [0.3, 0.4) is 0 Å². The average Bonchev–Trinajstić information content (AvgIpc) is 2.99. The number of allylic oxidation sites excluding steroid dienone is 3. The molecule has 1 aliphatic carbocycles. The van der Waals surface area contributed by atoms with E-state index in [0.29, 0.717) is 5.71 Å². The predicted molar refractivity (Wildman–Crippen MR) is 86.9 cm³/mol. The molecule has 5 heteroatoms. The number of carbonyl (C=O) groups is 2. The number of furan rings is 1. The molecule has 5 nitrogen and oxygen atoms in total. The highest BCUT2D eigenvalue weighted by atomic mass is 16.3. The minimum absolute atomic E-state index is 0.00497. The van der Waals surface area contributed by atoms with Gasteiger partial charge < -0.3 is 9.73 Å². The lowest BCUT2D eigenvalue weighted by molar-refractivity contribution is -0.116. The van der Waals surface area contributed by atoms with Crippen LogP contribution in [0.1, 0.15) is 31.3 Å². The molecule has 0 bridgehead atoms. The zero-order chi connectivity index (χ0) is 16.6. The van der Waals surface area contributed by atoms with E-state index in [9.17, 15) is 9.59 Å². The van der Waals surface area contributed by atoms with Crippen LogP contribution in [0.15, 0.2) is 63.4 Å². The maximum absolute atomic E-state index is 12.0. The summed E-state index contributed by atoms with van der Waals surface area (Å²) in [6.45, 7) is 6.23. The summed E-state index contributed by atoms with van der Waals surface area (Å²) >= 11 is 0. The number of nitrogens with zero attached hydrogens (tertiary/aromatic N) is 1. The second-order valence-corrected chi connectivity index (χ2v) is 6.59. The Morgan fingerprint density at radius 1 is 1.30 bits per heavy atom. The van der Waals surface area contributed by atoms with Gasteiger partial charge in [0.05, 0.1) is 12.0 Å². The van der Waals surface area contributed by atoms with Gasteiger partial charge in [-0.2, -0.15) is 0 Å². The summed E-state index contributed by atoms with van der Waals surface area (Å²) in [4.78, 5) is 27.9. The SMILES string of the molecule is CC(C)(C)C1=CC(=O)NC2=CC(=NC(=O)c3ccco3)C=CC21. The van der Waals surface area contributed by atoms with Crippen molar-refractivity contribution >= 4 is 17.5 Å². The van der Waals surface area contributed by atoms with Gasteiger partial charge in [-0.3, -0.25) is 9.59 Å². The molecule has 2 amide bonds. The molecule has 2 aliphatic rings. The van der Waals surface area contributed by atoms with Crippen LogP contribution < -0.4 is 5.32 Å². The van der Waals surface area contributed by atoms with Gasteiger partial charge in [0.25, 0.3) is 0 Å². The molecular weight excluding hydrogens is 292 g/mol. The molecular formula is C18H18N2O3. The smallest absolute Gasteiger partial charge is 0.313 e. The van der Waals surface area contributed by atoms with E-state index >= 15 is 0 Å². The van der Waals surface area contributed by atoms with Crippen LogP contribution >= 0.6 is 0 Å². The molecule has 1 aromatic heterocycles. The fraction of sp³-hybridized carbons (Fsp3) is 0.278. The average molecular weight is 310 g/mol. The Hall–Kier alpha value is -2.69. The highest BCUT2D eigenvalue weighted by Crippen LogP contribution is 2.38. The van der Waals surface area contributed by atoms with Gasteiger partial charge in [-0.1, -0.05) is 26.8 Å². The van der Waals surface area contributed by atoms with Crippen molar-refractivity contribution in [1.82, 2.24) is 5.32 Å². The first kappa shape index (κ1) is 15.2. The third kappa shape index (κ3) is 3.08. The maximum atomic E-state index is 12.0. The molecule has 0 fully saturated rings. The second-order valence-electron chi connectivity index (χ2n) is 6.59. The first-order chi connectivity index (χ1) is 10.8. The van der Waals surface area contributed by atoms with Crippen molar-refractivity contribution in [3.63, 3.8) is 0 Å². The number of aliphatic imine (C=N–C) groups is 1. The third-order valence-electron chi connectivity index (χ3n) is 3.82. The summed E-state index contributed by atoms with van der Waals surface area (Å²) in [5, 5.41) is 2.84. The molecule has 2 heterocycles. The highest BCUT2D eigenvalue weighted by molar-refractivity contribution is 6.13. The number of rotatable bonds is 1. The Kier molecular flexibility index (Phi) is 3.64. The minimum Gasteiger partial charge on any atom is -0.459 e. The van der Waals surface area contributed by atoms with Crippen LogP contribution in [-0.2, 0) is 4.79 Å². The van der Waals surface area contributed by atoms with Gasteiger partial charge in [0, 0.05) is 17.7 Å². The Balaban J connectivity index is 1.91. The first-order valence-corrected chi connectivity index (χ1v) is 7.44. The van der Waals surface area contributed by atoms with E-state index in [1.54, 1.807) is 30.4 Å². The molecule has 0 saturated heterocycles. The van der Waals surface area contributed by atoms with E-state index in [1.165, 1.54) is 6.26 Å². The summed E-state index contributed by atoms with van der Waals surface area (Å²) in [7, 11) is 0. The molecule has 0 spiro atoms. The standard InChI is InChI=1S/C18H18N2O3/c1-18(2,3)13-10-16(21)20-14-9-11(6-7-12(13)14)19-17(22)15-5-4-8-23-15/h4-10,12H,1-3H3,(H,20,21). The Labute approximate surface area is 134 Å². The fourth-order valence-corrected chi connectivity index (χ4v) is 2.72. The van der Waals surface area contributed by atoms with E-state index in [2.05, 4.69) is 31.1 Å². The molecule has 0 radical (unpaired) electrons. The lowest BCUT2D eigenvalue weighted by atomic mass is 9.74. The predicted octanol–water partition coefficient (Wildman–Crippen LogP) is 3.03. The second kappa shape index (κ2) is 5.50. The van der Waals surface area contributed by atoms with Crippen molar-refractivity contribution in [1.29, 1.82) is 0 Å². The Morgan fingerprint density at radius 2 is 2.09 bits per heavy atom. The summed E-state index contributed by atoms with van der Waals surface area (Å²) in [6, 6.07) is 3.21. The van der Waals surface area contributed by atoms with Crippen LogP contribution in [0.25, 0.3) is 0 Å². The van der Waals surface area contributed by atoms with E-state index in [4.69, 9.17) is 4.42 Å². The number of nitrogens with one attached hydrogen (secondary N) is 1. The zero-order valence-electron chi connectivity index (χ0n) is 13.3. The van der Waals surface area contributed by atoms with Gasteiger partial charge >= 0.3 is 5.91 Å². The van der Waals surface area contributed by atoms with Gasteiger partial charge in [-0.05, 0) is 35.3 Å². The highest BCUT2D eigenvalue weighted by Gasteiger charge is 2.32. The quantitative estimate of drug-likeness (QED) is 0.866. The van der Waals surface area contributed by atoms with Crippen molar-refractivity contribution in [2.45, 2.75) is 20.8 Å². The number of hydrogen-bond acceptors (Lipinski definition) is 3. The topological polar surface area (TPSA) is 71.7 Å². The third-order valence-corrected chi connectivity index (χ3v) is 3.82. The van der Waals surface area contributed by atoms with Gasteiger partial charge in [0.15, 0.2) is 5.76 Å². The maximum Gasteiger partial charge on any atom is 0.313 e. The van der Waals surface area contributed by atoms with Gasteiger partial charge in [-0.25, -0.2) is 4.99 Å². The van der Waals surface area contributed by atoms with Crippen molar-refractivity contribution in [2.75, 3.05) is 0 Å². The number of hydrogen-bond donors (Lipinski definition) is 1. The van der Waals surface area contributed by atoms with E-state index in [1.807, 2.05) is 6.08 Å². The monoisotopic (exact) mass is 310 g/mol. The molecule has 1 aliphatic heterocycles. The molecule has 0 saturated carbocycles. The summed E-state index contributed by atoms with van der Waals surface area (Å²) < 4.78 is 5.04. The van der Waals surface area contributed by atoms with E-state index in [0.717, 1.165) is 11.3 Å². The molecule has 0 aromatic carbocycles. The molecule has 1 atom stereocenters. The summed E-state index contributed by atoms with van der Waals surface area (Å²) in [5.74, 6) is -0.400. The van der Waals surface area contributed by atoms with Crippen molar-refractivity contribution in [3.05, 3.63) is 59.7 Å². The summed E-state index contributed by atoms with van der Waals surface area (Å²) in [5.41, 5.74) is 2.16. The van der Waals surface area contributed by atoms with E-state index < -0.39 is 5.91 Å². The number of fused-ring (bicyclic) bond motifs is 1. The Bertz CT molecular complexity index is 772. The van der Waals surface area contributed by atoms with Crippen LogP contribution in [-0.4, -0.2) is 17.5 Å². The molecule has 1 unspecified atom stereocenters. The fourth-order valence-electron chi connectivity index (χ4n) is 2.72. The van der Waals surface area contributed by atoms with Gasteiger partial charge in [-0.15, -0.1) is 0 Å². The Morgan fingerprint density at radius 3 is 2.74 bits per heavy atom. The van der Waals surface area contributed by atoms with Crippen LogP contribution in [0.5, 0.6) is 0 Å². The lowest BCUT2D eigenvalue weighted by Crippen LogP contribution is -2.36. The summed E-state index contributed by atoms with van der Waals surface area (Å²) in [6.07, 6.45) is 8.58. The van der Waals surface area contributed by atoms with Crippen molar-refractivity contribution in [2.24, 2.45) is 16.3 Å². The normalized spacial score (nSPS) is 22.3. The molecule has 3 rings (SSSR count). The molecule has 23 heavy (non-hydrogen) atoms. The van der Waals surface area contributed by atoms with Gasteiger partial charge in [0.1, 0.15) is 0 Å². The zero-order valence-corrected chi connectivity index (χ0v) is 13.3. The van der Waals surface area contributed by atoms with Gasteiger partial charge in [0.2, 0.25) is 5.91 Å². The largest absolute Gasteiger partial charge is 0.459 e. The van der Waals surface area contributed by atoms with Crippen LogP contribution in [0.2, 0.25) is 0 Å². The van der Waals surface area contributed by atoms with E-state index in [-0.39, 0.29) is 23.0 Å². The number of carbonyl (C=O) groups excluding carboxylic acids is 2. The number of amides is 2. The van der Waals surface area contributed by atoms with Crippen molar-refractivity contribution < 1.29 is 14.0 Å². The van der Waals surface area contributed by atoms with Crippen LogP contribution in [0, 0.1) is 11.3 Å². The van der Waals surface area contributed by atoms with Crippen LogP contribution in [0.4, 0.5) is 0 Å². The minimum atomic E-state index is -0.446. The lowest BCUT2D eigenvalue weighted by Gasteiger charge is -2.34.